The molecule has 4 heteroatoms. The Hall–Kier alpha value is -0.0962. The van der Waals surface area contributed by atoms with Gasteiger partial charge in [0.2, 0.25) is 8.32 Å². The molecule has 0 N–H and O–H groups in total. The molecule has 0 atom stereocenters. The van der Waals surface area contributed by atoms with Gasteiger partial charge in [-0.1, -0.05) is 33.9 Å². The topological polar surface area (TPSA) is 9.23 Å². The molecule has 0 fully saturated rings. The lowest BCUT2D eigenvalue weighted by Gasteiger charge is -2.40. The summed E-state index contributed by atoms with van der Waals surface area (Å²) in [4.78, 5) is 0. The lowest BCUT2D eigenvalue weighted by atomic mass is 10.2. The summed E-state index contributed by atoms with van der Waals surface area (Å²) in [6.45, 7) is 17.1. The molecule has 0 aromatic rings. The molecular weight excluding hydrogens is 223 g/mol. The van der Waals surface area contributed by atoms with Gasteiger partial charge in [0.05, 0.1) is 5.38 Å². The van der Waals surface area contributed by atoms with Crippen LogP contribution in [0.4, 0.5) is 4.39 Å². The lowest BCUT2D eigenvalue weighted by molar-refractivity contribution is 0.430. The minimum Gasteiger partial charge on any atom is -0.549 e. The Bertz CT molecular complexity index is 246. The average Bonchev–Trinajstić information content (AvgIpc) is 1.95. The first-order valence-electron chi connectivity index (χ1n) is 5.42. The second-order valence-electron chi connectivity index (χ2n) is 6.56. The Labute approximate surface area is 95.9 Å². The second-order valence-corrected chi connectivity index (χ2v) is 16.2. The first-order chi connectivity index (χ1) is 6.42. The molecule has 0 bridgehead atoms. The first-order valence-corrected chi connectivity index (χ1v) is 11.8. The zero-order valence-electron chi connectivity index (χ0n) is 11.4. The van der Waals surface area contributed by atoms with Crippen LogP contribution in [-0.2, 0) is 4.43 Å². The summed E-state index contributed by atoms with van der Waals surface area (Å²) in [6.07, 6.45) is 0.690. The van der Waals surface area contributed by atoms with Gasteiger partial charge >= 0.3 is 0 Å². The van der Waals surface area contributed by atoms with Gasteiger partial charge in [0.1, 0.15) is 14.4 Å². The van der Waals surface area contributed by atoms with Gasteiger partial charge in [-0.05, 0) is 24.7 Å². The molecule has 1 nitrogen and oxygen atoms in total. The Kier molecular flexibility index (Phi) is 4.38. The van der Waals surface area contributed by atoms with Crippen LogP contribution in [0.2, 0.25) is 37.8 Å². The number of hydrogen-bond acceptors (Lipinski definition) is 1. The van der Waals surface area contributed by atoms with Gasteiger partial charge in [-0.15, -0.1) is 0 Å². The van der Waals surface area contributed by atoms with Gasteiger partial charge in [-0.25, -0.2) is 4.39 Å². The summed E-state index contributed by atoms with van der Waals surface area (Å²) >= 11 is 0. The minimum absolute atomic E-state index is 0.116. The molecule has 0 unspecified atom stereocenters. The molecule has 0 spiro atoms. The van der Waals surface area contributed by atoms with Crippen LogP contribution in [0.5, 0.6) is 0 Å². The molecule has 0 amide bonds. The highest BCUT2D eigenvalue weighted by molar-refractivity contribution is 6.87. The van der Waals surface area contributed by atoms with E-state index in [1.54, 1.807) is 0 Å². The predicted octanol–water partition coefficient (Wildman–Crippen LogP) is 4.70. The molecule has 0 rings (SSSR count). The minimum atomic E-state index is -1.85. The Balaban J connectivity index is 5.02. The van der Waals surface area contributed by atoms with E-state index in [4.69, 9.17) is 4.43 Å². The van der Waals surface area contributed by atoms with Crippen molar-refractivity contribution in [3.05, 3.63) is 11.7 Å². The van der Waals surface area contributed by atoms with Crippen LogP contribution >= 0.6 is 0 Å². The molecule has 0 aromatic heterocycles. The van der Waals surface area contributed by atoms with Crippen molar-refractivity contribution in [2.75, 3.05) is 0 Å². The third-order valence-corrected chi connectivity index (χ3v) is 9.24. The predicted molar refractivity (Wildman–Crippen MR) is 70.8 cm³/mol. The standard InChI is InChI=1S/C11H25FOSi2/c1-11(2,3)15(7,8)10(9-12)13-14(4,5)6/h9H,1-8H3/b10-9+. The number of rotatable bonds is 3. The van der Waals surface area contributed by atoms with Gasteiger partial charge < -0.3 is 4.43 Å². The molecule has 15 heavy (non-hydrogen) atoms. The molecule has 0 heterocycles. The van der Waals surface area contributed by atoms with Crippen LogP contribution in [-0.4, -0.2) is 16.4 Å². The maximum atomic E-state index is 13.0. The summed E-state index contributed by atoms with van der Waals surface area (Å²) in [5.41, 5.74) is 0. The Morgan fingerprint density at radius 1 is 1.07 bits per heavy atom. The third kappa shape index (κ3) is 4.11. The third-order valence-electron chi connectivity index (χ3n) is 3.01. The van der Waals surface area contributed by atoms with E-state index in [1.807, 2.05) is 0 Å². The van der Waals surface area contributed by atoms with Crippen LogP contribution in [0.3, 0.4) is 0 Å². The first kappa shape index (κ1) is 14.9. The molecular formula is C11H25FOSi2. The fourth-order valence-electron chi connectivity index (χ4n) is 0.986. The average molecular weight is 248 g/mol. The largest absolute Gasteiger partial charge is 0.549 e. The van der Waals surface area contributed by atoms with Crippen LogP contribution < -0.4 is 0 Å². The number of hydrogen-bond donors (Lipinski definition) is 0. The van der Waals surface area contributed by atoms with E-state index in [-0.39, 0.29) is 5.04 Å². The molecule has 0 saturated heterocycles. The van der Waals surface area contributed by atoms with E-state index < -0.39 is 16.4 Å². The van der Waals surface area contributed by atoms with Gasteiger partial charge in [0.15, 0.2) is 0 Å². The zero-order chi connectivity index (χ0) is 12.5. The summed E-state index contributed by atoms with van der Waals surface area (Å²) in [6, 6.07) is 0. The van der Waals surface area contributed by atoms with Crippen LogP contribution in [0, 0.1) is 0 Å². The van der Waals surface area contributed by atoms with Crippen molar-refractivity contribution in [3.8, 4) is 0 Å². The molecule has 0 saturated carbocycles. The highest BCUT2D eigenvalue weighted by Gasteiger charge is 2.41. The fraction of sp³-hybridized carbons (Fsp3) is 0.818. The summed E-state index contributed by atoms with van der Waals surface area (Å²) in [7, 11) is -3.55. The Morgan fingerprint density at radius 2 is 1.47 bits per heavy atom. The monoisotopic (exact) mass is 248 g/mol. The molecule has 0 aliphatic rings. The van der Waals surface area contributed by atoms with E-state index in [0.717, 1.165) is 0 Å². The SMILES string of the molecule is CC(C)(C)[Si](C)(C)/C(=C/F)O[Si](C)(C)C. The van der Waals surface area contributed by atoms with Crippen molar-refractivity contribution in [1.82, 2.24) is 0 Å². The van der Waals surface area contributed by atoms with Gasteiger partial charge in [0.25, 0.3) is 0 Å². The zero-order valence-corrected chi connectivity index (χ0v) is 13.4. The highest BCUT2D eigenvalue weighted by atomic mass is 28.4. The maximum absolute atomic E-state index is 13.0. The highest BCUT2D eigenvalue weighted by Crippen LogP contribution is 2.41. The van der Waals surface area contributed by atoms with Gasteiger partial charge in [0, 0.05) is 0 Å². The van der Waals surface area contributed by atoms with Crippen molar-refractivity contribution in [2.45, 2.75) is 58.5 Å². The van der Waals surface area contributed by atoms with Crippen molar-refractivity contribution < 1.29 is 8.82 Å². The molecule has 0 aromatic carbocycles. The van der Waals surface area contributed by atoms with E-state index in [2.05, 4.69) is 53.5 Å². The number of halogens is 1. The van der Waals surface area contributed by atoms with Gasteiger partial charge in [-0.2, -0.15) is 0 Å². The fourth-order valence-corrected chi connectivity index (χ4v) is 4.64. The van der Waals surface area contributed by atoms with Crippen molar-refractivity contribution in [2.24, 2.45) is 0 Å². The van der Waals surface area contributed by atoms with E-state index >= 15 is 0 Å². The maximum Gasteiger partial charge on any atom is 0.241 e. The van der Waals surface area contributed by atoms with E-state index in [0.29, 0.717) is 11.7 Å². The van der Waals surface area contributed by atoms with Gasteiger partial charge in [-0.3, -0.25) is 0 Å². The van der Waals surface area contributed by atoms with Crippen molar-refractivity contribution >= 4 is 16.4 Å². The molecule has 0 aliphatic carbocycles. The quantitative estimate of drug-likeness (QED) is 0.520. The summed E-state index contributed by atoms with van der Waals surface area (Å²) < 4.78 is 18.8. The Morgan fingerprint density at radius 3 is 1.67 bits per heavy atom. The van der Waals surface area contributed by atoms with Crippen LogP contribution in [0.15, 0.2) is 11.7 Å². The molecule has 0 aliphatic heterocycles. The van der Waals surface area contributed by atoms with E-state index in [1.165, 1.54) is 0 Å². The smallest absolute Gasteiger partial charge is 0.241 e. The molecule has 0 radical (unpaired) electrons. The molecule has 90 valence electrons. The van der Waals surface area contributed by atoms with Crippen LogP contribution in [0.25, 0.3) is 0 Å². The summed E-state index contributed by atoms with van der Waals surface area (Å²) in [5, 5.41) is 0.735. The van der Waals surface area contributed by atoms with E-state index in [9.17, 15) is 4.39 Å². The lowest BCUT2D eigenvalue weighted by Crippen LogP contribution is -2.43. The summed E-state index contributed by atoms with van der Waals surface area (Å²) in [5.74, 6) is 0. The second kappa shape index (κ2) is 4.41. The normalized spacial score (nSPS) is 15.4. The van der Waals surface area contributed by atoms with Crippen molar-refractivity contribution in [3.63, 3.8) is 0 Å². The van der Waals surface area contributed by atoms with Crippen molar-refractivity contribution in [1.29, 1.82) is 0 Å². The van der Waals surface area contributed by atoms with Crippen LogP contribution in [0.1, 0.15) is 20.8 Å².